The Bertz CT molecular complexity index is 740. The van der Waals surface area contributed by atoms with Gasteiger partial charge in [0.15, 0.2) is 0 Å². The maximum absolute atomic E-state index is 4.84. The van der Waals surface area contributed by atoms with Gasteiger partial charge in [-0.2, -0.15) is 4.98 Å². The van der Waals surface area contributed by atoms with E-state index in [1.807, 2.05) is 0 Å². The molecule has 1 saturated heterocycles. The summed E-state index contributed by atoms with van der Waals surface area (Å²) in [5, 5.41) is 3.37. The molecule has 1 aromatic heterocycles. The molecular weight excluding hydrogens is 296 g/mol. The lowest BCUT2D eigenvalue weighted by molar-refractivity contribution is 0.387. The minimum Gasteiger partial charge on any atom is -0.352 e. The van der Waals surface area contributed by atoms with Crippen molar-refractivity contribution in [3.05, 3.63) is 47.2 Å². The Morgan fingerprint density at radius 2 is 1.96 bits per heavy atom. The van der Waals surface area contributed by atoms with Gasteiger partial charge in [0.05, 0.1) is 6.04 Å². The monoisotopic (exact) mass is 322 g/mol. The summed E-state index contributed by atoms with van der Waals surface area (Å²) in [7, 11) is 0. The summed E-state index contributed by atoms with van der Waals surface area (Å²) in [6.45, 7) is 7.48. The van der Waals surface area contributed by atoms with Gasteiger partial charge in [-0.15, -0.1) is 0 Å². The largest absolute Gasteiger partial charge is 0.352 e. The number of nitrogens with one attached hydrogen (secondary N) is 1. The molecule has 24 heavy (non-hydrogen) atoms. The number of rotatable bonds is 4. The molecule has 0 amide bonds. The van der Waals surface area contributed by atoms with Crippen molar-refractivity contribution in [2.24, 2.45) is 0 Å². The van der Waals surface area contributed by atoms with Crippen LogP contribution < -0.4 is 10.2 Å². The summed E-state index contributed by atoms with van der Waals surface area (Å²) in [6.07, 6.45) is 3.45. The summed E-state index contributed by atoms with van der Waals surface area (Å²) in [4.78, 5) is 12.0. The summed E-state index contributed by atoms with van der Waals surface area (Å²) < 4.78 is 0. The fraction of sp³-hybridized carbons (Fsp3) is 0.500. The van der Waals surface area contributed by atoms with Gasteiger partial charge >= 0.3 is 0 Å². The van der Waals surface area contributed by atoms with Crippen molar-refractivity contribution in [2.75, 3.05) is 16.8 Å². The van der Waals surface area contributed by atoms with Crippen LogP contribution in [0.5, 0.6) is 0 Å². The minimum absolute atomic E-state index is 0.337. The van der Waals surface area contributed by atoms with Crippen LogP contribution >= 0.6 is 0 Å². The number of hydrogen-bond acceptors (Lipinski definition) is 4. The number of anilines is 2. The van der Waals surface area contributed by atoms with Gasteiger partial charge in [-0.3, -0.25) is 0 Å². The maximum Gasteiger partial charge on any atom is 0.225 e. The van der Waals surface area contributed by atoms with Crippen LogP contribution in [0, 0.1) is 0 Å². The highest BCUT2D eigenvalue weighted by Crippen LogP contribution is 2.47. The normalized spacial score (nSPS) is 21.9. The van der Waals surface area contributed by atoms with E-state index in [9.17, 15) is 0 Å². The lowest BCUT2D eigenvalue weighted by Gasteiger charge is -2.47. The molecule has 4 nitrogen and oxygen atoms in total. The lowest BCUT2D eigenvalue weighted by Crippen LogP contribution is -2.43. The quantitative estimate of drug-likeness (QED) is 0.911. The topological polar surface area (TPSA) is 41.1 Å². The van der Waals surface area contributed by atoms with Crippen LogP contribution in [0.1, 0.15) is 62.4 Å². The number of hydrogen-bond donors (Lipinski definition) is 1. The fourth-order valence-electron chi connectivity index (χ4n) is 4.12. The fourth-order valence-corrected chi connectivity index (χ4v) is 4.12. The van der Waals surface area contributed by atoms with Crippen molar-refractivity contribution in [2.45, 2.75) is 58.0 Å². The molecule has 0 unspecified atom stereocenters. The van der Waals surface area contributed by atoms with E-state index in [-0.39, 0.29) is 0 Å². The van der Waals surface area contributed by atoms with E-state index in [1.165, 1.54) is 18.4 Å². The first-order chi connectivity index (χ1) is 11.7. The van der Waals surface area contributed by atoms with E-state index in [2.05, 4.69) is 66.3 Å². The third kappa shape index (κ3) is 2.64. The Hall–Kier alpha value is -2.10. The van der Waals surface area contributed by atoms with Gasteiger partial charge in [-0.1, -0.05) is 31.2 Å². The molecular formula is C20H26N4. The van der Waals surface area contributed by atoms with E-state index in [4.69, 9.17) is 4.98 Å². The Balaban J connectivity index is 1.72. The van der Waals surface area contributed by atoms with Crippen LogP contribution in [0.3, 0.4) is 0 Å². The molecule has 0 radical (unpaired) electrons. The van der Waals surface area contributed by atoms with Crippen molar-refractivity contribution in [3.63, 3.8) is 0 Å². The molecule has 4 heteroatoms. The lowest BCUT2D eigenvalue weighted by atomic mass is 9.75. The molecule has 5 rings (SSSR count). The molecule has 1 fully saturated rings. The van der Waals surface area contributed by atoms with E-state index in [1.54, 1.807) is 5.56 Å². The second-order valence-electron chi connectivity index (χ2n) is 7.27. The summed E-state index contributed by atoms with van der Waals surface area (Å²) in [5.41, 5.74) is 4.16. The highest BCUT2D eigenvalue weighted by Gasteiger charge is 2.38. The third-order valence-corrected chi connectivity index (χ3v) is 5.22. The van der Waals surface area contributed by atoms with Crippen molar-refractivity contribution in [1.29, 1.82) is 0 Å². The molecule has 126 valence electrons. The van der Waals surface area contributed by atoms with Gasteiger partial charge in [0, 0.05) is 30.3 Å². The van der Waals surface area contributed by atoms with Crippen molar-refractivity contribution < 1.29 is 0 Å². The second-order valence-corrected chi connectivity index (χ2v) is 7.27. The van der Waals surface area contributed by atoms with Gasteiger partial charge in [0.2, 0.25) is 5.95 Å². The first kappa shape index (κ1) is 15.4. The van der Waals surface area contributed by atoms with Gasteiger partial charge in [-0.05, 0) is 44.2 Å². The minimum atomic E-state index is 0.337. The Morgan fingerprint density at radius 1 is 1.17 bits per heavy atom. The van der Waals surface area contributed by atoms with Crippen LogP contribution in [0.25, 0.3) is 0 Å². The summed E-state index contributed by atoms with van der Waals surface area (Å²) in [5.74, 6) is 2.47. The van der Waals surface area contributed by atoms with Gasteiger partial charge in [-0.25, -0.2) is 4.98 Å². The predicted molar refractivity (Wildman–Crippen MR) is 98.7 cm³/mol. The van der Waals surface area contributed by atoms with Crippen molar-refractivity contribution in [3.8, 4) is 0 Å². The van der Waals surface area contributed by atoms with E-state index < -0.39 is 0 Å². The molecule has 1 aliphatic carbocycles. The number of fused-ring (bicyclic) bond motifs is 2. The van der Waals surface area contributed by atoms with Crippen LogP contribution in [-0.4, -0.2) is 22.6 Å². The molecule has 2 bridgehead atoms. The molecule has 3 heterocycles. The maximum atomic E-state index is 4.84. The van der Waals surface area contributed by atoms with Crippen molar-refractivity contribution >= 4 is 11.8 Å². The number of aryl methyl sites for hydroxylation is 1. The van der Waals surface area contributed by atoms with Gasteiger partial charge in [0.25, 0.3) is 0 Å². The Kier molecular flexibility index (Phi) is 3.91. The summed E-state index contributed by atoms with van der Waals surface area (Å²) in [6, 6.07) is 11.9. The standard InChI is InChI=1S/C20H26N4/c1-4-15-11-19(23-20(22-15)21-13(2)3)24-12-14-9-10-18(24)17-8-6-5-7-16(14)17/h5-8,11,13-14,18H,4,9-10,12H2,1-3H3,(H,21,22,23)/t14-,18+/m1/s1. The van der Waals surface area contributed by atoms with E-state index >= 15 is 0 Å². The van der Waals surface area contributed by atoms with Gasteiger partial charge < -0.3 is 10.2 Å². The zero-order valence-corrected chi connectivity index (χ0v) is 14.8. The number of benzene rings is 1. The Morgan fingerprint density at radius 3 is 2.71 bits per heavy atom. The molecule has 2 atom stereocenters. The molecule has 1 aromatic carbocycles. The number of piperidine rings is 1. The zero-order valence-electron chi connectivity index (χ0n) is 14.8. The van der Waals surface area contributed by atoms with Gasteiger partial charge in [0.1, 0.15) is 5.82 Å². The average molecular weight is 322 g/mol. The SMILES string of the molecule is CCc1cc(N2C[C@H]3CC[C@H]2c2ccccc23)nc(NC(C)C)n1. The first-order valence-corrected chi connectivity index (χ1v) is 9.15. The molecule has 1 N–H and O–H groups in total. The van der Waals surface area contributed by atoms with Crippen LogP contribution in [-0.2, 0) is 6.42 Å². The molecule has 2 aliphatic heterocycles. The van der Waals surface area contributed by atoms with Crippen LogP contribution in [0.15, 0.2) is 30.3 Å². The molecule has 3 aliphatic rings. The van der Waals surface area contributed by atoms with E-state index in [0.717, 1.165) is 30.4 Å². The van der Waals surface area contributed by atoms with E-state index in [0.29, 0.717) is 18.0 Å². The highest BCUT2D eigenvalue weighted by molar-refractivity contribution is 5.53. The van der Waals surface area contributed by atoms with Crippen LogP contribution in [0.4, 0.5) is 11.8 Å². The van der Waals surface area contributed by atoms with Crippen LogP contribution in [0.2, 0.25) is 0 Å². The van der Waals surface area contributed by atoms with Crippen molar-refractivity contribution in [1.82, 2.24) is 9.97 Å². The second kappa shape index (κ2) is 6.08. The predicted octanol–water partition coefficient (Wildman–Crippen LogP) is 4.30. The highest BCUT2D eigenvalue weighted by atomic mass is 15.3. The average Bonchev–Trinajstić information content (AvgIpc) is 2.61. The smallest absolute Gasteiger partial charge is 0.225 e. The third-order valence-electron chi connectivity index (χ3n) is 5.22. The number of aromatic nitrogens is 2. The molecule has 2 aromatic rings. The first-order valence-electron chi connectivity index (χ1n) is 9.15. The Labute approximate surface area is 144 Å². The molecule has 0 spiro atoms. The molecule has 0 saturated carbocycles. The summed E-state index contributed by atoms with van der Waals surface area (Å²) >= 11 is 0. The zero-order chi connectivity index (χ0) is 16.7. The number of nitrogens with zero attached hydrogens (tertiary/aromatic N) is 3.